The van der Waals surface area contributed by atoms with E-state index in [0.717, 1.165) is 5.69 Å². The van der Waals surface area contributed by atoms with Gasteiger partial charge in [0.25, 0.3) is 11.5 Å². The molecule has 1 aromatic carbocycles. The summed E-state index contributed by atoms with van der Waals surface area (Å²) in [5.74, 6) is -0.132. The molecule has 5 heteroatoms. The predicted molar refractivity (Wildman–Crippen MR) is 68.6 cm³/mol. The van der Waals surface area contributed by atoms with Crippen LogP contribution in [0.3, 0.4) is 0 Å². The molecule has 94 valence electrons. The lowest BCUT2D eigenvalue weighted by molar-refractivity contribution is 0.0952. The number of H-pyrrole nitrogens is 1. The lowest BCUT2D eigenvalue weighted by Crippen LogP contribution is -2.30. The molecule has 2 N–H and O–H groups in total. The molecule has 0 spiro atoms. The van der Waals surface area contributed by atoms with Gasteiger partial charge in [0.05, 0.1) is 6.54 Å². The van der Waals surface area contributed by atoms with Crippen molar-refractivity contribution >= 4 is 5.91 Å². The minimum Gasteiger partial charge on any atom is -0.350 e. The van der Waals surface area contributed by atoms with Crippen molar-refractivity contribution in [2.75, 3.05) is 6.54 Å². The number of amides is 1. The Balaban J connectivity index is 1.88. The summed E-state index contributed by atoms with van der Waals surface area (Å²) in [6.07, 6.45) is 0. The van der Waals surface area contributed by atoms with Gasteiger partial charge in [-0.25, -0.2) is 0 Å². The van der Waals surface area contributed by atoms with E-state index in [4.69, 9.17) is 0 Å². The van der Waals surface area contributed by atoms with Gasteiger partial charge in [-0.1, -0.05) is 18.2 Å². The quantitative estimate of drug-likeness (QED) is 0.841. The van der Waals surface area contributed by atoms with Crippen molar-refractivity contribution in [2.24, 2.45) is 0 Å². The predicted octanol–water partition coefficient (Wildman–Crippen LogP) is 0.915. The summed E-state index contributed by atoms with van der Waals surface area (Å²) >= 11 is 0. The molecule has 0 bridgehead atoms. The highest BCUT2D eigenvalue weighted by Gasteiger charge is 2.04. The second-order valence-electron chi connectivity index (χ2n) is 4.05. The molecule has 0 aliphatic rings. The zero-order valence-corrected chi connectivity index (χ0v) is 10.1. The van der Waals surface area contributed by atoms with Gasteiger partial charge in [-0.15, -0.1) is 0 Å². The number of hydrogen-bond acceptors (Lipinski definition) is 2. The minimum absolute atomic E-state index is 0.0820. The van der Waals surface area contributed by atoms with Crippen LogP contribution in [0.2, 0.25) is 0 Å². The largest absolute Gasteiger partial charge is 0.350 e. The molecule has 1 heterocycles. The molecule has 0 atom stereocenters. The average molecular weight is 245 g/mol. The molecule has 0 radical (unpaired) electrons. The number of carbonyl (C=O) groups excluding carboxylic acids is 1. The van der Waals surface area contributed by atoms with Crippen molar-refractivity contribution in [3.8, 4) is 0 Å². The van der Waals surface area contributed by atoms with Crippen molar-refractivity contribution in [3.63, 3.8) is 0 Å². The molecule has 2 rings (SSSR count). The van der Waals surface area contributed by atoms with Gasteiger partial charge in [-0.05, 0) is 19.1 Å². The van der Waals surface area contributed by atoms with Crippen LogP contribution in [0.1, 0.15) is 16.1 Å². The SMILES string of the molecule is Cc1cc(=O)n(CCNC(=O)c2ccccc2)[nH]1. The fourth-order valence-electron chi connectivity index (χ4n) is 1.70. The number of carbonyl (C=O) groups is 1. The lowest BCUT2D eigenvalue weighted by atomic mass is 10.2. The second kappa shape index (κ2) is 5.35. The van der Waals surface area contributed by atoms with Gasteiger partial charge >= 0.3 is 0 Å². The van der Waals surface area contributed by atoms with Crippen LogP contribution in [0.4, 0.5) is 0 Å². The highest BCUT2D eigenvalue weighted by molar-refractivity contribution is 5.94. The first kappa shape index (κ1) is 12.2. The Hall–Kier alpha value is -2.30. The number of benzene rings is 1. The third-order valence-electron chi connectivity index (χ3n) is 2.57. The Kier molecular flexibility index (Phi) is 3.62. The first-order chi connectivity index (χ1) is 8.66. The van der Waals surface area contributed by atoms with E-state index >= 15 is 0 Å². The summed E-state index contributed by atoms with van der Waals surface area (Å²) in [5.41, 5.74) is 1.35. The normalized spacial score (nSPS) is 10.3. The molecule has 1 amide bonds. The van der Waals surface area contributed by atoms with Gasteiger partial charge in [0.15, 0.2) is 0 Å². The number of rotatable bonds is 4. The molecule has 0 fully saturated rings. The van der Waals surface area contributed by atoms with Crippen LogP contribution in [0.5, 0.6) is 0 Å². The van der Waals surface area contributed by atoms with Gasteiger partial charge < -0.3 is 5.32 Å². The molecule has 0 aliphatic carbocycles. The Morgan fingerprint density at radius 2 is 2.06 bits per heavy atom. The number of aromatic amines is 1. The van der Waals surface area contributed by atoms with Crippen molar-refractivity contribution in [2.45, 2.75) is 13.5 Å². The molecule has 0 saturated heterocycles. The summed E-state index contributed by atoms with van der Waals surface area (Å²) in [6, 6.07) is 10.5. The maximum atomic E-state index is 11.7. The van der Waals surface area contributed by atoms with E-state index in [1.165, 1.54) is 10.7 Å². The zero-order valence-electron chi connectivity index (χ0n) is 10.1. The van der Waals surface area contributed by atoms with E-state index in [9.17, 15) is 9.59 Å². The van der Waals surface area contributed by atoms with Crippen molar-refractivity contribution in [1.82, 2.24) is 15.1 Å². The molecular weight excluding hydrogens is 230 g/mol. The summed E-state index contributed by atoms with van der Waals surface area (Å²) in [4.78, 5) is 23.1. The van der Waals surface area contributed by atoms with E-state index in [1.54, 1.807) is 12.1 Å². The van der Waals surface area contributed by atoms with Gasteiger partial charge in [0, 0.05) is 23.9 Å². The van der Waals surface area contributed by atoms with Crippen LogP contribution in [0.15, 0.2) is 41.2 Å². The molecule has 0 saturated carbocycles. The van der Waals surface area contributed by atoms with Crippen molar-refractivity contribution in [1.29, 1.82) is 0 Å². The van der Waals surface area contributed by atoms with E-state index in [2.05, 4.69) is 10.4 Å². The minimum atomic E-state index is -0.132. The second-order valence-corrected chi connectivity index (χ2v) is 4.05. The highest BCUT2D eigenvalue weighted by atomic mass is 16.2. The molecule has 1 aromatic heterocycles. The number of aromatic nitrogens is 2. The van der Waals surface area contributed by atoms with E-state index < -0.39 is 0 Å². The first-order valence-electron chi connectivity index (χ1n) is 5.76. The van der Waals surface area contributed by atoms with Crippen LogP contribution in [-0.4, -0.2) is 22.2 Å². The topological polar surface area (TPSA) is 66.9 Å². The average Bonchev–Trinajstić information content (AvgIpc) is 2.69. The van der Waals surface area contributed by atoms with Gasteiger partial charge in [0.1, 0.15) is 0 Å². The molecule has 5 nitrogen and oxygen atoms in total. The Morgan fingerprint density at radius 3 is 2.67 bits per heavy atom. The van der Waals surface area contributed by atoms with E-state index in [-0.39, 0.29) is 11.5 Å². The molecule has 18 heavy (non-hydrogen) atoms. The fourth-order valence-corrected chi connectivity index (χ4v) is 1.70. The van der Waals surface area contributed by atoms with Crippen LogP contribution >= 0.6 is 0 Å². The fraction of sp³-hybridized carbons (Fsp3) is 0.231. The van der Waals surface area contributed by atoms with E-state index in [1.807, 2.05) is 25.1 Å². The summed E-state index contributed by atoms with van der Waals surface area (Å²) < 4.78 is 1.47. The lowest BCUT2D eigenvalue weighted by Gasteiger charge is -2.05. The Morgan fingerprint density at radius 1 is 1.33 bits per heavy atom. The van der Waals surface area contributed by atoms with E-state index in [0.29, 0.717) is 18.7 Å². The first-order valence-corrected chi connectivity index (χ1v) is 5.76. The van der Waals surface area contributed by atoms with Crippen LogP contribution in [0, 0.1) is 6.92 Å². The van der Waals surface area contributed by atoms with Crippen molar-refractivity contribution in [3.05, 3.63) is 58.0 Å². The number of aryl methyl sites for hydroxylation is 1. The number of hydrogen-bond donors (Lipinski definition) is 2. The number of nitrogens with one attached hydrogen (secondary N) is 2. The van der Waals surface area contributed by atoms with Gasteiger partial charge in [0.2, 0.25) is 0 Å². The third kappa shape index (κ3) is 2.88. The molecule has 0 unspecified atom stereocenters. The Bertz CT molecular complexity index is 584. The summed E-state index contributed by atoms with van der Waals surface area (Å²) in [6.45, 7) is 2.67. The standard InChI is InChI=1S/C13H15N3O2/c1-10-9-12(17)16(15-10)8-7-14-13(18)11-5-3-2-4-6-11/h2-6,9,15H,7-8H2,1H3,(H,14,18). The van der Waals surface area contributed by atoms with Crippen LogP contribution < -0.4 is 10.9 Å². The van der Waals surface area contributed by atoms with Crippen LogP contribution in [0.25, 0.3) is 0 Å². The molecule has 2 aromatic rings. The summed E-state index contributed by atoms with van der Waals surface area (Å²) in [7, 11) is 0. The Labute approximate surface area is 104 Å². The van der Waals surface area contributed by atoms with Crippen molar-refractivity contribution < 1.29 is 4.79 Å². The van der Waals surface area contributed by atoms with Crippen LogP contribution in [-0.2, 0) is 6.54 Å². The zero-order chi connectivity index (χ0) is 13.0. The number of nitrogens with zero attached hydrogens (tertiary/aromatic N) is 1. The third-order valence-corrected chi connectivity index (χ3v) is 2.57. The maximum Gasteiger partial charge on any atom is 0.266 e. The molecule has 0 aliphatic heterocycles. The molecular formula is C13H15N3O2. The van der Waals surface area contributed by atoms with Gasteiger partial charge in [-0.3, -0.25) is 19.4 Å². The smallest absolute Gasteiger partial charge is 0.266 e. The summed E-state index contributed by atoms with van der Waals surface area (Å²) in [5, 5.41) is 5.68. The monoisotopic (exact) mass is 245 g/mol. The van der Waals surface area contributed by atoms with Gasteiger partial charge in [-0.2, -0.15) is 0 Å². The highest BCUT2D eigenvalue weighted by Crippen LogP contribution is 1.97. The maximum absolute atomic E-state index is 11.7.